The lowest BCUT2D eigenvalue weighted by Crippen LogP contribution is -2.63. The third-order valence-corrected chi connectivity index (χ3v) is 11.9. The molecular formula is C36H41FN2O6. The van der Waals surface area contributed by atoms with Crippen molar-refractivity contribution in [3.63, 3.8) is 0 Å². The standard InChI is InChI=1S/C36H41FN2O6/c1-19-8-9-20(17-39-26-7-5-4-6-25(26)38)32(37)30(19)33-44-29-15-24-23-11-10-21-14-22(41)12-13-34(21,2)31(23)27(42)16-35(24,3)36(29,45-33)28(43)18-40/h4-9,12-14,23-24,27,29,31,33,39-40,42H,10-11,15-18,38H2,1-3H3/t23-,24-,27-,29+,31+,33-,34-,35-,36+/m0/s1. The summed E-state index contributed by atoms with van der Waals surface area (Å²) in [7, 11) is 0. The molecule has 4 fully saturated rings. The molecule has 9 heteroatoms. The summed E-state index contributed by atoms with van der Waals surface area (Å²) in [5.74, 6) is -1.17. The molecule has 0 amide bonds. The Kier molecular flexibility index (Phi) is 7.13. The highest BCUT2D eigenvalue weighted by Crippen LogP contribution is 2.70. The van der Waals surface area contributed by atoms with Crippen molar-refractivity contribution in [2.75, 3.05) is 17.7 Å². The number of allylic oxidation sites excluding steroid dienone is 4. The maximum atomic E-state index is 16.3. The maximum Gasteiger partial charge on any atom is 0.193 e. The number of para-hydroxylation sites is 2. The highest BCUT2D eigenvalue weighted by molar-refractivity contribution is 6.01. The zero-order valence-electron chi connectivity index (χ0n) is 25.9. The summed E-state index contributed by atoms with van der Waals surface area (Å²) in [5.41, 5.74) is 6.70. The largest absolute Gasteiger partial charge is 0.397 e. The van der Waals surface area contributed by atoms with E-state index in [2.05, 4.69) is 12.2 Å². The molecule has 5 aliphatic rings. The van der Waals surface area contributed by atoms with Crippen LogP contribution in [0, 0.1) is 41.3 Å². The SMILES string of the molecule is Cc1ccc(CNc2ccccc2N)c(F)c1[C@H]1O[C@@H]2C[C@H]3[C@@H]4CCC5=CC(=O)C=C[C@]5(C)[C@H]4[C@@H](O)C[C@]3(C)[C@]2(C(=O)CO)O1. The monoisotopic (exact) mass is 616 g/mol. The Bertz CT molecular complexity index is 1640. The van der Waals surface area contributed by atoms with E-state index in [1.165, 1.54) is 0 Å². The number of carbonyl (C=O) groups is 2. The Balaban J connectivity index is 1.22. The van der Waals surface area contributed by atoms with Crippen molar-refractivity contribution in [3.05, 3.63) is 82.7 Å². The van der Waals surface area contributed by atoms with Crippen LogP contribution in [-0.4, -0.2) is 46.2 Å². The lowest BCUT2D eigenvalue weighted by molar-refractivity contribution is -0.201. The van der Waals surface area contributed by atoms with Gasteiger partial charge in [0.15, 0.2) is 23.5 Å². The summed E-state index contributed by atoms with van der Waals surface area (Å²) < 4.78 is 29.5. The fourth-order valence-electron chi connectivity index (χ4n) is 9.82. The molecule has 9 atom stereocenters. The minimum Gasteiger partial charge on any atom is -0.397 e. The van der Waals surface area contributed by atoms with Gasteiger partial charge in [0.05, 0.1) is 23.6 Å². The van der Waals surface area contributed by atoms with Crippen LogP contribution < -0.4 is 11.1 Å². The molecule has 0 aromatic heterocycles. The van der Waals surface area contributed by atoms with Crippen molar-refractivity contribution in [2.45, 2.75) is 77.1 Å². The van der Waals surface area contributed by atoms with E-state index in [-0.39, 0.29) is 42.1 Å². The zero-order valence-corrected chi connectivity index (χ0v) is 25.9. The van der Waals surface area contributed by atoms with Gasteiger partial charge in [-0.05, 0) is 74.3 Å². The van der Waals surface area contributed by atoms with E-state index in [4.69, 9.17) is 15.2 Å². The molecule has 0 bridgehead atoms. The molecule has 0 radical (unpaired) electrons. The van der Waals surface area contributed by atoms with Gasteiger partial charge in [-0.1, -0.05) is 49.8 Å². The molecule has 45 heavy (non-hydrogen) atoms. The predicted molar refractivity (Wildman–Crippen MR) is 166 cm³/mol. The molecule has 8 nitrogen and oxygen atoms in total. The number of nitrogens with one attached hydrogen (secondary N) is 1. The van der Waals surface area contributed by atoms with Crippen molar-refractivity contribution < 1.29 is 33.7 Å². The molecule has 238 valence electrons. The van der Waals surface area contributed by atoms with Gasteiger partial charge in [0.1, 0.15) is 12.4 Å². The third-order valence-electron chi connectivity index (χ3n) is 11.9. The van der Waals surface area contributed by atoms with Crippen molar-refractivity contribution >= 4 is 22.9 Å². The Labute approximate surface area is 262 Å². The quantitative estimate of drug-likeness (QED) is 0.336. The van der Waals surface area contributed by atoms with Crippen molar-refractivity contribution in [3.8, 4) is 0 Å². The number of fused-ring (bicyclic) bond motifs is 7. The molecule has 1 aliphatic heterocycles. The summed E-state index contributed by atoms with van der Waals surface area (Å²) in [6, 6.07) is 10.8. The zero-order chi connectivity index (χ0) is 31.9. The number of ketones is 2. The Hall–Kier alpha value is -3.37. The first-order valence-corrected chi connectivity index (χ1v) is 15.9. The number of halogens is 1. The number of hydrogen-bond donors (Lipinski definition) is 4. The van der Waals surface area contributed by atoms with E-state index in [1.54, 1.807) is 37.3 Å². The molecule has 1 heterocycles. The molecule has 2 aromatic carbocycles. The lowest BCUT2D eigenvalue weighted by Gasteiger charge is -2.59. The van der Waals surface area contributed by atoms with Gasteiger partial charge in [0.2, 0.25) is 0 Å². The summed E-state index contributed by atoms with van der Waals surface area (Å²) in [6.45, 7) is 5.27. The fraction of sp³-hybridized carbons (Fsp3) is 0.500. The number of rotatable bonds is 6. The van der Waals surface area contributed by atoms with Gasteiger partial charge in [-0.15, -0.1) is 0 Å². The Morgan fingerprint density at radius 3 is 2.73 bits per heavy atom. The molecule has 2 aromatic rings. The number of benzene rings is 2. The molecule has 4 aliphatic carbocycles. The van der Waals surface area contributed by atoms with Gasteiger partial charge in [-0.3, -0.25) is 9.59 Å². The van der Waals surface area contributed by atoms with Crippen LogP contribution in [0.15, 0.2) is 60.2 Å². The number of nitrogen functional groups attached to an aromatic ring is 1. The minimum atomic E-state index is -1.55. The molecule has 5 N–H and O–H groups in total. The summed E-state index contributed by atoms with van der Waals surface area (Å²) in [4.78, 5) is 26.1. The smallest absolute Gasteiger partial charge is 0.193 e. The number of ether oxygens (including phenoxy) is 2. The van der Waals surface area contributed by atoms with Crippen LogP contribution in [0.25, 0.3) is 0 Å². The first kappa shape index (κ1) is 30.3. The van der Waals surface area contributed by atoms with Crippen LogP contribution in [0.5, 0.6) is 0 Å². The molecule has 1 saturated heterocycles. The van der Waals surface area contributed by atoms with Gasteiger partial charge in [-0.2, -0.15) is 0 Å². The Morgan fingerprint density at radius 2 is 1.98 bits per heavy atom. The highest BCUT2D eigenvalue weighted by Gasteiger charge is 2.76. The maximum absolute atomic E-state index is 16.3. The number of aryl methyl sites for hydroxylation is 1. The number of Topliss-reactive ketones (excluding diaryl/α,β-unsaturated/α-hetero) is 1. The van der Waals surface area contributed by atoms with Gasteiger partial charge < -0.3 is 30.7 Å². The third kappa shape index (κ3) is 4.24. The second kappa shape index (κ2) is 10.6. The van der Waals surface area contributed by atoms with Crippen molar-refractivity contribution in [1.29, 1.82) is 0 Å². The van der Waals surface area contributed by atoms with Crippen LogP contribution in [-0.2, 0) is 25.6 Å². The number of aliphatic hydroxyl groups is 2. The first-order chi connectivity index (χ1) is 21.4. The summed E-state index contributed by atoms with van der Waals surface area (Å²) in [6.07, 6.45) is 4.81. The first-order valence-electron chi connectivity index (χ1n) is 15.9. The Morgan fingerprint density at radius 1 is 1.20 bits per heavy atom. The van der Waals surface area contributed by atoms with Crippen LogP contribution in [0.1, 0.15) is 62.5 Å². The van der Waals surface area contributed by atoms with E-state index < -0.39 is 53.1 Å². The normalized spacial score (nSPS) is 38.2. The number of anilines is 2. The average Bonchev–Trinajstić information content (AvgIpc) is 3.50. The van der Waals surface area contributed by atoms with E-state index >= 15 is 4.39 Å². The van der Waals surface area contributed by atoms with E-state index in [9.17, 15) is 19.8 Å². The van der Waals surface area contributed by atoms with E-state index in [1.807, 2.05) is 31.2 Å². The van der Waals surface area contributed by atoms with Crippen LogP contribution in [0.4, 0.5) is 15.8 Å². The van der Waals surface area contributed by atoms with E-state index in [0.717, 1.165) is 18.4 Å². The number of aliphatic hydroxyl groups excluding tert-OH is 2. The molecule has 0 unspecified atom stereocenters. The van der Waals surface area contributed by atoms with Crippen molar-refractivity contribution in [2.24, 2.45) is 28.6 Å². The molecule has 3 saturated carbocycles. The van der Waals surface area contributed by atoms with Gasteiger partial charge >= 0.3 is 0 Å². The second-order valence-electron chi connectivity index (χ2n) is 14.0. The molecular weight excluding hydrogens is 575 g/mol. The molecule has 0 spiro atoms. The summed E-state index contributed by atoms with van der Waals surface area (Å²) >= 11 is 0. The number of nitrogens with two attached hydrogens (primary N) is 1. The lowest BCUT2D eigenvalue weighted by atomic mass is 9.46. The fourth-order valence-corrected chi connectivity index (χ4v) is 9.82. The van der Waals surface area contributed by atoms with Crippen molar-refractivity contribution in [1.82, 2.24) is 0 Å². The van der Waals surface area contributed by atoms with Crippen LogP contribution in [0.2, 0.25) is 0 Å². The van der Waals surface area contributed by atoms with Gasteiger partial charge in [0, 0.05) is 34.4 Å². The predicted octanol–water partition coefficient (Wildman–Crippen LogP) is 4.93. The van der Waals surface area contributed by atoms with E-state index in [0.29, 0.717) is 28.9 Å². The number of carbonyl (C=O) groups excluding carboxylic acids is 2. The average molecular weight is 617 g/mol. The van der Waals surface area contributed by atoms with Gasteiger partial charge in [0.25, 0.3) is 0 Å². The van der Waals surface area contributed by atoms with Crippen LogP contribution in [0.3, 0.4) is 0 Å². The van der Waals surface area contributed by atoms with Gasteiger partial charge in [-0.25, -0.2) is 4.39 Å². The van der Waals surface area contributed by atoms with Crippen LogP contribution >= 0.6 is 0 Å². The molecule has 7 rings (SSSR count). The highest BCUT2D eigenvalue weighted by atomic mass is 19.1. The second-order valence-corrected chi connectivity index (χ2v) is 14.0. The number of hydrogen-bond acceptors (Lipinski definition) is 8. The summed E-state index contributed by atoms with van der Waals surface area (Å²) in [5, 5.41) is 25.3. The minimum absolute atomic E-state index is 0.0293. The topological polar surface area (TPSA) is 131 Å².